The minimum Gasteiger partial charge on any atom is -0.462 e. The van der Waals surface area contributed by atoms with Crippen LogP contribution in [0, 0.1) is 29.1 Å². The molecule has 2 nitrogen and oxygen atoms in total. The molecule has 2 saturated carbocycles. The van der Waals surface area contributed by atoms with Gasteiger partial charge in [0.25, 0.3) is 0 Å². The van der Waals surface area contributed by atoms with E-state index in [9.17, 15) is 4.79 Å². The molecule has 0 aromatic carbocycles. The van der Waals surface area contributed by atoms with Gasteiger partial charge in [-0.2, -0.15) is 0 Å². The van der Waals surface area contributed by atoms with Gasteiger partial charge in [0, 0.05) is 12.3 Å². The lowest BCUT2D eigenvalue weighted by Gasteiger charge is -2.52. The third-order valence-electron chi connectivity index (χ3n) is 7.55. The van der Waals surface area contributed by atoms with Crippen molar-refractivity contribution in [2.24, 2.45) is 29.1 Å². The van der Waals surface area contributed by atoms with Gasteiger partial charge in [-0.25, -0.2) is 0 Å². The maximum absolute atomic E-state index is 11.5. The smallest absolute Gasteiger partial charge is 0.302 e. The van der Waals surface area contributed by atoms with Crippen LogP contribution in [0.5, 0.6) is 0 Å². The number of carbonyl (C=O) groups is 1. The average Bonchev–Trinajstić information content (AvgIpc) is 2.83. The molecule has 0 aliphatic heterocycles. The van der Waals surface area contributed by atoms with Gasteiger partial charge in [0.1, 0.15) is 6.10 Å². The van der Waals surface area contributed by atoms with Crippen molar-refractivity contribution >= 4 is 5.97 Å². The number of hydrogen-bond donors (Lipinski definition) is 0. The molecule has 4 rings (SSSR count). The van der Waals surface area contributed by atoms with E-state index < -0.39 is 0 Å². The molecule has 0 bridgehead atoms. The SMILES string of the molecule is CC(=O)OC1CCC2C3CC=C4C=C(C)CCC4C3CCC12C. The molecule has 6 unspecified atom stereocenters. The van der Waals surface area contributed by atoms with Gasteiger partial charge in [-0.1, -0.05) is 24.6 Å². The van der Waals surface area contributed by atoms with Crippen LogP contribution in [-0.4, -0.2) is 12.1 Å². The zero-order valence-electron chi connectivity index (χ0n) is 14.8. The van der Waals surface area contributed by atoms with Crippen LogP contribution in [0.3, 0.4) is 0 Å². The Morgan fingerprint density at radius 2 is 2.04 bits per heavy atom. The second-order valence-corrected chi connectivity index (χ2v) is 8.73. The third kappa shape index (κ3) is 2.40. The van der Waals surface area contributed by atoms with Crippen molar-refractivity contribution in [3.63, 3.8) is 0 Å². The minimum atomic E-state index is -0.0993. The number of allylic oxidation sites excluding steroid dienone is 4. The molecule has 4 aliphatic carbocycles. The molecular formula is C21H30O2. The van der Waals surface area contributed by atoms with E-state index >= 15 is 0 Å². The van der Waals surface area contributed by atoms with Crippen molar-refractivity contribution in [1.29, 1.82) is 0 Å². The molecule has 0 amide bonds. The summed E-state index contributed by atoms with van der Waals surface area (Å²) in [5.41, 5.74) is 3.41. The Labute approximate surface area is 140 Å². The van der Waals surface area contributed by atoms with E-state index in [0.717, 1.165) is 30.1 Å². The standard InChI is InChI=1S/C21H30O2/c1-13-4-6-16-15(12-13)5-7-18-17(16)10-11-21(3)19(18)8-9-20(21)23-14(2)22/h5,12,16-20H,4,6-11H2,1-3H3. The Bertz CT molecular complexity index is 572. The Kier molecular flexibility index (Phi) is 3.70. The molecule has 0 heterocycles. The molecule has 0 aromatic heterocycles. The van der Waals surface area contributed by atoms with Gasteiger partial charge in [0.2, 0.25) is 0 Å². The van der Waals surface area contributed by atoms with Crippen molar-refractivity contribution in [2.45, 2.75) is 71.8 Å². The molecule has 23 heavy (non-hydrogen) atoms. The average molecular weight is 314 g/mol. The largest absolute Gasteiger partial charge is 0.462 e. The van der Waals surface area contributed by atoms with Crippen molar-refractivity contribution < 1.29 is 9.53 Å². The molecule has 0 spiro atoms. The molecular weight excluding hydrogens is 284 g/mol. The molecule has 4 aliphatic rings. The van der Waals surface area contributed by atoms with E-state index in [2.05, 4.69) is 26.0 Å². The zero-order chi connectivity index (χ0) is 16.2. The number of hydrogen-bond acceptors (Lipinski definition) is 2. The van der Waals surface area contributed by atoms with Crippen LogP contribution in [0.1, 0.15) is 65.7 Å². The molecule has 6 atom stereocenters. The molecule has 0 aromatic rings. The topological polar surface area (TPSA) is 26.3 Å². The van der Waals surface area contributed by atoms with Gasteiger partial charge in [-0.15, -0.1) is 0 Å². The molecule has 0 radical (unpaired) electrons. The van der Waals surface area contributed by atoms with Gasteiger partial charge < -0.3 is 4.74 Å². The summed E-state index contributed by atoms with van der Waals surface area (Å²) in [5.74, 6) is 3.13. The minimum absolute atomic E-state index is 0.0993. The van der Waals surface area contributed by atoms with Gasteiger partial charge in [0.05, 0.1) is 0 Å². The van der Waals surface area contributed by atoms with E-state index in [4.69, 9.17) is 4.74 Å². The molecule has 2 heteroatoms. The molecule has 2 fully saturated rings. The van der Waals surface area contributed by atoms with E-state index in [-0.39, 0.29) is 17.5 Å². The highest BCUT2D eigenvalue weighted by Gasteiger charge is 2.56. The highest BCUT2D eigenvalue weighted by Crippen LogP contribution is 2.61. The van der Waals surface area contributed by atoms with Crippen LogP contribution in [0.2, 0.25) is 0 Å². The first-order chi connectivity index (χ1) is 11.0. The number of fused-ring (bicyclic) bond motifs is 5. The second-order valence-electron chi connectivity index (χ2n) is 8.73. The molecule has 126 valence electrons. The predicted octanol–water partition coefficient (Wildman–Crippen LogP) is 5.05. The highest BCUT2D eigenvalue weighted by atomic mass is 16.5. The van der Waals surface area contributed by atoms with Crippen LogP contribution in [0.4, 0.5) is 0 Å². The van der Waals surface area contributed by atoms with Crippen LogP contribution in [0.25, 0.3) is 0 Å². The van der Waals surface area contributed by atoms with Crippen LogP contribution >= 0.6 is 0 Å². The third-order valence-corrected chi connectivity index (χ3v) is 7.55. The summed E-state index contributed by atoms with van der Waals surface area (Å²) in [5, 5.41) is 0. The van der Waals surface area contributed by atoms with Crippen molar-refractivity contribution in [2.75, 3.05) is 0 Å². The molecule has 0 saturated heterocycles. The van der Waals surface area contributed by atoms with Gasteiger partial charge in [0.15, 0.2) is 0 Å². The Morgan fingerprint density at radius 1 is 1.22 bits per heavy atom. The van der Waals surface area contributed by atoms with Gasteiger partial charge in [-0.3, -0.25) is 4.79 Å². The maximum atomic E-state index is 11.5. The first-order valence-electron chi connectivity index (χ1n) is 9.53. The quantitative estimate of drug-likeness (QED) is 0.633. The predicted molar refractivity (Wildman–Crippen MR) is 91.8 cm³/mol. The number of rotatable bonds is 1. The maximum Gasteiger partial charge on any atom is 0.302 e. The van der Waals surface area contributed by atoms with Crippen LogP contribution in [0.15, 0.2) is 23.3 Å². The lowest BCUT2D eigenvalue weighted by molar-refractivity contribution is -0.155. The van der Waals surface area contributed by atoms with Crippen molar-refractivity contribution in [1.82, 2.24) is 0 Å². The monoisotopic (exact) mass is 314 g/mol. The number of esters is 1. The lowest BCUT2D eigenvalue weighted by Crippen LogP contribution is -2.47. The Balaban J connectivity index is 1.59. The summed E-state index contributed by atoms with van der Waals surface area (Å²) in [4.78, 5) is 11.5. The van der Waals surface area contributed by atoms with E-state index in [0.29, 0.717) is 0 Å². The first kappa shape index (κ1) is 15.5. The Morgan fingerprint density at radius 3 is 2.83 bits per heavy atom. The van der Waals surface area contributed by atoms with Crippen molar-refractivity contribution in [3.8, 4) is 0 Å². The summed E-state index contributed by atoms with van der Waals surface area (Å²) in [6, 6.07) is 0. The Hall–Kier alpha value is -1.05. The van der Waals surface area contributed by atoms with E-state index in [1.165, 1.54) is 38.5 Å². The fourth-order valence-corrected chi connectivity index (χ4v) is 6.46. The summed E-state index contributed by atoms with van der Waals surface area (Å²) >= 11 is 0. The summed E-state index contributed by atoms with van der Waals surface area (Å²) < 4.78 is 5.72. The van der Waals surface area contributed by atoms with Crippen molar-refractivity contribution in [3.05, 3.63) is 23.3 Å². The zero-order valence-corrected chi connectivity index (χ0v) is 14.8. The summed E-state index contributed by atoms with van der Waals surface area (Å²) in [6.07, 6.45) is 13.9. The first-order valence-corrected chi connectivity index (χ1v) is 9.53. The number of ether oxygens (including phenoxy) is 1. The molecule has 0 N–H and O–H groups in total. The normalized spacial score (nSPS) is 45.3. The summed E-state index contributed by atoms with van der Waals surface area (Å²) in [7, 11) is 0. The number of carbonyl (C=O) groups excluding carboxylic acids is 1. The van der Waals surface area contributed by atoms with Crippen LogP contribution < -0.4 is 0 Å². The van der Waals surface area contributed by atoms with Gasteiger partial charge >= 0.3 is 5.97 Å². The summed E-state index contributed by atoms with van der Waals surface area (Å²) in [6.45, 7) is 6.25. The second kappa shape index (κ2) is 5.50. The highest BCUT2D eigenvalue weighted by molar-refractivity contribution is 5.66. The fraction of sp³-hybridized carbons (Fsp3) is 0.762. The van der Waals surface area contributed by atoms with E-state index in [1.54, 1.807) is 18.1 Å². The van der Waals surface area contributed by atoms with Crippen LogP contribution in [-0.2, 0) is 9.53 Å². The van der Waals surface area contributed by atoms with E-state index in [1.807, 2.05) is 0 Å². The lowest BCUT2D eigenvalue weighted by atomic mass is 9.53. The van der Waals surface area contributed by atoms with Gasteiger partial charge in [-0.05, 0) is 81.1 Å². The fourth-order valence-electron chi connectivity index (χ4n) is 6.46.